The Bertz CT molecular complexity index is 749. The van der Waals surface area contributed by atoms with Crippen molar-refractivity contribution in [2.24, 2.45) is 5.92 Å². The molecule has 0 saturated carbocycles. The number of carbonyl (C=O) groups is 2. The van der Waals surface area contributed by atoms with Gasteiger partial charge < -0.3 is 9.80 Å². The smallest absolute Gasteiger partial charge is 0.228 e. The van der Waals surface area contributed by atoms with E-state index >= 15 is 0 Å². The third kappa shape index (κ3) is 4.45. The number of hydrogen-bond donors (Lipinski definition) is 0. The van der Waals surface area contributed by atoms with Gasteiger partial charge >= 0.3 is 0 Å². The highest BCUT2D eigenvalue weighted by Crippen LogP contribution is 2.22. The molecule has 130 valence electrons. The zero-order valence-corrected chi connectivity index (χ0v) is 15.6. The number of likely N-dealkylation sites (tertiary alicyclic amines) is 1. The van der Waals surface area contributed by atoms with E-state index in [0.29, 0.717) is 19.6 Å². The first-order chi connectivity index (χ1) is 12.0. The largest absolute Gasteiger partial charge is 0.341 e. The number of halogens is 1. The van der Waals surface area contributed by atoms with Gasteiger partial charge in [0.2, 0.25) is 11.8 Å². The van der Waals surface area contributed by atoms with Gasteiger partial charge in [0.05, 0.1) is 18.2 Å². The SMILES string of the molecule is CN(Cc1ccc(Br)cc1)C(=O)[C@H]1CC(=O)N(Cc2ccccn2)C1. The molecule has 25 heavy (non-hydrogen) atoms. The molecule has 0 spiro atoms. The molecule has 6 heteroatoms. The van der Waals surface area contributed by atoms with Crippen LogP contribution in [0.2, 0.25) is 0 Å². The van der Waals surface area contributed by atoms with Crippen molar-refractivity contribution < 1.29 is 9.59 Å². The second-order valence-electron chi connectivity index (χ2n) is 6.32. The number of rotatable bonds is 5. The molecule has 1 atom stereocenters. The fraction of sp³-hybridized carbons (Fsp3) is 0.316. The van der Waals surface area contributed by atoms with Crippen molar-refractivity contribution in [3.8, 4) is 0 Å². The van der Waals surface area contributed by atoms with Crippen LogP contribution in [0.15, 0.2) is 53.1 Å². The molecule has 0 unspecified atom stereocenters. The third-order valence-corrected chi connectivity index (χ3v) is 4.88. The molecule has 1 aliphatic heterocycles. The summed E-state index contributed by atoms with van der Waals surface area (Å²) in [5.74, 6) is -0.252. The minimum atomic E-state index is -0.281. The van der Waals surface area contributed by atoms with Crippen LogP contribution in [0.5, 0.6) is 0 Å². The van der Waals surface area contributed by atoms with Gasteiger partial charge in [0.1, 0.15) is 0 Å². The minimum absolute atomic E-state index is 0.0137. The topological polar surface area (TPSA) is 53.5 Å². The highest BCUT2D eigenvalue weighted by molar-refractivity contribution is 9.10. The first kappa shape index (κ1) is 17.6. The molecule has 0 N–H and O–H groups in total. The molecule has 1 aliphatic rings. The summed E-state index contributed by atoms with van der Waals surface area (Å²) in [6.07, 6.45) is 1.99. The molecule has 3 rings (SSSR count). The van der Waals surface area contributed by atoms with Gasteiger partial charge in [0.15, 0.2) is 0 Å². The predicted octanol–water partition coefficient (Wildman–Crippen LogP) is 2.85. The zero-order chi connectivity index (χ0) is 17.8. The van der Waals surface area contributed by atoms with Crippen molar-refractivity contribution in [2.45, 2.75) is 19.5 Å². The fourth-order valence-corrected chi connectivity index (χ4v) is 3.30. The fourth-order valence-electron chi connectivity index (χ4n) is 3.03. The van der Waals surface area contributed by atoms with Crippen LogP contribution in [-0.2, 0) is 22.7 Å². The molecule has 1 aromatic heterocycles. The number of carbonyl (C=O) groups excluding carboxylic acids is 2. The quantitative estimate of drug-likeness (QED) is 0.773. The van der Waals surface area contributed by atoms with Gasteiger partial charge in [-0.1, -0.05) is 34.1 Å². The second-order valence-corrected chi connectivity index (χ2v) is 7.23. The van der Waals surface area contributed by atoms with E-state index in [9.17, 15) is 9.59 Å². The normalized spacial score (nSPS) is 17.0. The lowest BCUT2D eigenvalue weighted by Gasteiger charge is -2.21. The van der Waals surface area contributed by atoms with Gasteiger partial charge in [-0.2, -0.15) is 0 Å². The van der Waals surface area contributed by atoms with E-state index in [1.165, 1.54) is 0 Å². The Kier molecular flexibility index (Phi) is 5.48. The molecule has 1 aromatic carbocycles. The lowest BCUT2D eigenvalue weighted by Crippen LogP contribution is -2.34. The molecule has 2 heterocycles. The molecule has 0 aliphatic carbocycles. The summed E-state index contributed by atoms with van der Waals surface area (Å²) in [7, 11) is 1.79. The molecule has 5 nitrogen and oxygen atoms in total. The van der Waals surface area contributed by atoms with Crippen LogP contribution in [0.3, 0.4) is 0 Å². The van der Waals surface area contributed by atoms with Crippen LogP contribution >= 0.6 is 15.9 Å². The van der Waals surface area contributed by atoms with Crippen LogP contribution in [0.1, 0.15) is 17.7 Å². The number of hydrogen-bond acceptors (Lipinski definition) is 3. The van der Waals surface area contributed by atoms with E-state index < -0.39 is 0 Å². The van der Waals surface area contributed by atoms with E-state index in [2.05, 4.69) is 20.9 Å². The summed E-state index contributed by atoms with van der Waals surface area (Å²) in [5.41, 5.74) is 1.90. The number of benzene rings is 1. The Morgan fingerprint density at radius 3 is 2.72 bits per heavy atom. The third-order valence-electron chi connectivity index (χ3n) is 4.35. The Labute approximate surface area is 155 Å². The summed E-state index contributed by atoms with van der Waals surface area (Å²) in [4.78, 5) is 32.6. The summed E-state index contributed by atoms with van der Waals surface area (Å²) < 4.78 is 1.01. The Morgan fingerprint density at radius 2 is 2.04 bits per heavy atom. The van der Waals surface area contributed by atoms with E-state index in [0.717, 1.165) is 15.7 Å². The number of amides is 2. The van der Waals surface area contributed by atoms with Crippen LogP contribution in [0.25, 0.3) is 0 Å². The van der Waals surface area contributed by atoms with Crippen molar-refractivity contribution in [2.75, 3.05) is 13.6 Å². The van der Waals surface area contributed by atoms with Crippen molar-refractivity contribution in [3.05, 3.63) is 64.4 Å². The molecular formula is C19H20BrN3O2. The van der Waals surface area contributed by atoms with E-state index in [1.807, 2.05) is 42.5 Å². The molecule has 2 amide bonds. The number of nitrogens with zero attached hydrogens (tertiary/aromatic N) is 3. The van der Waals surface area contributed by atoms with Crippen molar-refractivity contribution in [1.29, 1.82) is 0 Å². The highest BCUT2D eigenvalue weighted by Gasteiger charge is 2.35. The van der Waals surface area contributed by atoms with E-state index in [4.69, 9.17) is 0 Å². The Morgan fingerprint density at radius 1 is 1.28 bits per heavy atom. The minimum Gasteiger partial charge on any atom is -0.341 e. The maximum atomic E-state index is 12.7. The van der Waals surface area contributed by atoms with E-state index in [-0.39, 0.29) is 24.2 Å². The molecule has 0 bridgehead atoms. The standard InChI is InChI=1S/C19H20BrN3O2/c1-22(11-14-5-7-16(20)8-6-14)19(25)15-10-18(24)23(12-15)13-17-4-2-3-9-21-17/h2-9,15H,10-13H2,1H3/t15-/m0/s1. The van der Waals surface area contributed by atoms with Gasteiger partial charge in [-0.05, 0) is 29.8 Å². The summed E-state index contributed by atoms with van der Waals surface area (Å²) in [6.45, 7) is 1.45. The highest BCUT2D eigenvalue weighted by atomic mass is 79.9. The number of pyridine rings is 1. The summed E-state index contributed by atoms with van der Waals surface area (Å²) in [6, 6.07) is 13.5. The number of aromatic nitrogens is 1. The van der Waals surface area contributed by atoms with Crippen molar-refractivity contribution >= 4 is 27.7 Å². The molecular weight excluding hydrogens is 382 g/mol. The maximum Gasteiger partial charge on any atom is 0.228 e. The van der Waals surface area contributed by atoms with Crippen molar-refractivity contribution in [3.63, 3.8) is 0 Å². The maximum absolute atomic E-state index is 12.7. The van der Waals surface area contributed by atoms with Gasteiger partial charge in [-0.25, -0.2) is 0 Å². The summed E-state index contributed by atoms with van der Waals surface area (Å²) >= 11 is 3.41. The van der Waals surface area contributed by atoms with Gasteiger partial charge in [0, 0.05) is 37.2 Å². The van der Waals surface area contributed by atoms with Gasteiger partial charge in [-0.3, -0.25) is 14.6 Å². The lowest BCUT2D eigenvalue weighted by molar-refractivity contribution is -0.135. The van der Waals surface area contributed by atoms with Gasteiger partial charge in [0.25, 0.3) is 0 Å². The van der Waals surface area contributed by atoms with Crippen molar-refractivity contribution in [1.82, 2.24) is 14.8 Å². The van der Waals surface area contributed by atoms with Gasteiger partial charge in [-0.15, -0.1) is 0 Å². The first-order valence-corrected chi connectivity index (χ1v) is 8.99. The van der Waals surface area contributed by atoms with Crippen LogP contribution in [0.4, 0.5) is 0 Å². The first-order valence-electron chi connectivity index (χ1n) is 8.20. The van der Waals surface area contributed by atoms with E-state index in [1.54, 1.807) is 23.0 Å². The molecule has 1 saturated heterocycles. The average Bonchev–Trinajstić information content (AvgIpc) is 2.98. The predicted molar refractivity (Wildman–Crippen MR) is 98.4 cm³/mol. The van der Waals surface area contributed by atoms with Crippen LogP contribution < -0.4 is 0 Å². The second kappa shape index (κ2) is 7.78. The Balaban J connectivity index is 1.59. The molecule has 0 radical (unpaired) electrons. The average molecular weight is 402 g/mol. The van der Waals surface area contributed by atoms with Crippen LogP contribution in [0, 0.1) is 5.92 Å². The molecule has 1 fully saturated rings. The lowest BCUT2D eigenvalue weighted by atomic mass is 10.1. The molecule has 2 aromatic rings. The summed E-state index contributed by atoms with van der Waals surface area (Å²) in [5, 5.41) is 0. The van der Waals surface area contributed by atoms with Crippen LogP contribution in [-0.4, -0.2) is 40.2 Å². The Hall–Kier alpha value is -2.21. The zero-order valence-electron chi connectivity index (χ0n) is 14.1. The monoisotopic (exact) mass is 401 g/mol.